The molecule has 20 heavy (non-hydrogen) atoms. The zero-order valence-corrected chi connectivity index (χ0v) is 13.2. The smallest absolute Gasteiger partial charge is 0.228 e. The Morgan fingerprint density at radius 2 is 1.65 bits per heavy atom. The molecule has 0 saturated heterocycles. The van der Waals surface area contributed by atoms with Crippen LogP contribution in [0.3, 0.4) is 0 Å². The third-order valence-electron chi connectivity index (χ3n) is 3.04. The quantitative estimate of drug-likeness (QED) is 0.673. The molecule has 0 bridgehead atoms. The van der Waals surface area contributed by atoms with Gasteiger partial charge in [-0.3, -0.25) is 0 Å². The Kier molecular flexibility index (Phi) is 6.96. The van der Waals surface area contributed by atoms with E-state index < -0.39 is 0 Å². The van der Waals surface area contributed by atoms with Gasteiger partial charge < -0.3 is 5.32 Å². The van der Waals surface area contributed by atoms with Gasteiger partial charge in [-0.2, -0.15) is 15.0 Å². The van der Waals surface area contributed by atoms with Gasteiger partial charge in [0.05, 0.1) is 0 Å². The van der Waals surface area contributed by atoms with Gasteiger partial charge in [-0.1, -0.05) is 31.9 Å². The van der Waals surface area contributed by atoms with Crippen LogP contribution in [0.25, 0.3) is 0 Å². The van der Waals surface area contributed by atoms with Crippen LogP contribution in [0.2, 0.25) is 10.6 Å². The highest BCUT2D eigenvalue weighted by Crippen LogP contribution is 2.28. The predicted octanol–water partition coefficient (Wildman–Crippen LogP) is 4.67. The van der Waals surface area contributed by atoms with Crippen molar-refractivity contribution in [2.45, 2.75) is 44.6 Å². The third kappa shape index (κ3) is 5.10. The summed E-state index contributed by atoms with van der Waals surface area (Å²) in [5.41, 5.74) is -0.215. The number of aromatic nitrogens is 3. The predicted molar refractivity (Wildman–Crippen MR) is 85.4 cm³/mol. The van der Waals surface area contributed by atoms with Crippen molar-refractivity contribution in [2.75, 3.05) is 5.32 Å². The second-order valence-corrected chi connectivity index (χ2v) is 5.37. The Hall–Kier alpha value is -1.13. The molecule has 4 nitrogen and oxygen atoms in total. The van der Waals surface area contributed by atoms with Crippen molar-refractivity contribution in [3.8, 4) is 0 Å². The average molecular weight is 315 g/mol. The van der Waals surface area contributed by atoms with Gasteiger partial charge in [-0.25, -0.2) is 0 Å². The SMILES string of the molecule is C=CCC(CC=C)(CCCC)Nc1nc(Cl)nc(Cl)n1. The molecule has 0 spiro atoms. The molecule has 6 heteroatoms. The number of hydrogen-bond acceptors (Lipinski definition) is 4. The molecular weight excluding hydrogens is 295 g/mol. The first-order chi connectivity index (χ1) is 9.55. The van der Waals surface area contributed by atoms with E-state index in [-0.39, 0.29) is 16.1 Å². The van der Waals surface area contributed by atoms with Crippen LogP contribution in [0.5, 0.6) is 0 Å². The lowest BCUT2D eigenvalue weighted by Gasteiger charge is -2.33. The number of unbranched alkanes of at least 4 members (excludes halogenated alkanes) is 1. The summed E-state index contributed by atoms with van der Waals surface area (Å²) in [6, 6.07) is 0. The van der Waals surface area contributed by atoms with E-state index >= 15 is 0 Å². The molecule has 0 radical (unpaired) electrons. The van der Waals surface area contributed by atoms with Gasteiger partial charge in [0.15, 0.2) is 0 Å². The van der Waals surface area contributed by atoms with Crippen LogP contribution in [0.1, 0.15) is 39.0 Å². The van der Waals surface area contributed by atoms with E-state index in [9.17, 15) is 0 Å². The minimum atomic E-state index is -0.215. The summed E-state index contributed by atoms with van der Waals surface area (Å²) in [5, 5.41) is 3.49. The highest BCUT2D eigenvalue weighted by molar-refractivity contribution is 6.31. The van der Waals surface area contributed by atoms with E-state index in [2.05, 4.69) is 40.4 Å². The molecule has 1 rings (SSSR count). The summed E-state index contributed by atoms with van der Waals surface area (Å²) in [5.74, 6) is 0.384. The van der Waals surface area contributed by atoms with Crippen LogP contribution >= 0.6 is 23.2 Å². The van der Waals surface area contributed by atoms with Crippen LogP contribution < -0.4 is 5.32 Å². The molecule has 0 aliphatic heterocycles. The zero-order valence-electron chi connectivity index (χ0n) is 11.7. The molecule has 0 amide bonds. The van der Waals surface area contributed by atoms with Gasteiger partial charge in [-0.15, -0.1) is 13.2 Å². The standard InChI is InChI=1S/C14H20Cl2N4/c1-4-7-10-14(8-5-2,9-6-3)20-13-18-11(15)17-12(16)19-13/h5-6H,2-4,7-10H2,1H3,(H,17,18,19,20). The monoisotopic (exact) mass is 314 g/mol. The van der Waals surface area contributed by atoms with Crippen LogP contribution in [0.4, 0.5) is 5.95 Å². The highest BCUT2D eigenvalue weighted by Gasteiger charge is 2.28. The van der Waals surface area contributed by atoms with E-state index in [0.717, 1.165) is 32.1 Å². The normalized spacial score (nSPS) is 11.2. The fourth-order valence-electron chi connectivity index (χ4n) is 2.14. The largest absolute Gasteiger partial charge is 0.348 e. The molecule has 110 valence electrons. The lowest BCUT2D eigenvalue weighted by molar-refractivity contribution is 0.420. The van der Waals surface area contributed by atoms with Gasteiger partial charge in [0, 0.05) is 5.54 Å². The first-order valence-electron chi connectivity index (χ1n) is 6.62. The Morgan fingerprint density at radius 3 is 2.10 bits per heavy atom. The third-order valence-corrected chi connectivity index (χ3v) is 3.37. The van der Waals surface area contributed by atoms with Gasteiger partial charge in [-0.05, 0) is 42.5 Å². The Morgan fingerprint density at radius 1 is 1.10 bits per heavy atom. The summed E-state index contributed by atoms with van der Waals surface area (Å²) in [6.07, 6.45) is 8.48. The fraction of sp³-hybridized carbons (Fsp3) is 0.500. The van der Waals surface area contributed by atoms with Gasteiger partial charge >= 0.3 is 0 Å². The number of anilines is 1. The summed E-state index contributed by atoms with van der Waals surface area (Å²) in [7, 11) is 0. The Bertz CT molecular complexity index is 432. The molecule has 0 aliphatic carbocycles. The second kappa shape index (κ2) is 8.22. The topological polar surface area (TPSA) is 50.7 Å². The van der Waals surface area contributed by atoms with E-state index in [1.54, 1.807) is 0 Å². The van der Waals surface area contributed by atoms with Crippen molar-refractivity contribution in [3.05, 3.63) is 35.9 Å². The maximum atomic E-state index is 5.81. The van der Waals surface area contributed by atoms with Crippen molar-refractivity contribution in [1.29, 1.82) is 0 Å². The minimum absolute atomic E-state index is 0.0779. The summed E-state index contributed by atoms with van der Waals surface area (Å²) in [6.45, 7) is 9.82. The molecule has 0 aliphatic rings. The van der Waals surface area contributed by atoms with Crippen LogP contribution in [0.15, 0.2) is 25.3 Å². The van der Waals surface area contributed by atoms with Crippen LogP contribution in [0, 0.1) is 0 Å². The molecule has 1 aromatic heterocycles. The molecule has 1 aromatic rings. The van der Waals surface area contributed by atoms with Crippen molar-refractivity contribution in [2.24, 2.45) is 0 Å². The molecule has 0 aromatic carbocycles. The minimum Gasteiger partial charge on any atom is -0.348 e. The van der Waals surface area contributed by atoms with Crippen molar-refractivity contribution in [1.82, 2.24) is 15.0 Å². The van der Waals surface area contributed by atoms with Crippen LogP contribution in [-0.4, -0.2) is 20.5 Å². The van der Waals surface area contributed by atoms with Gasteiger partial charge in [0.2, 0.25) is 16.5 Å². The maximum absolute atomic E-state index is 5.81. The van der Waals surface area contributed by atoms with Gasteiger partial charge in [0.1, 0.15) is 0 Å². The molecule has 0 unspecified atom stereocenters. The molecule has 0 fully saturated rings. The second-order valence-electron chi connectivity index (χ2n) is 4.69. The van der Waals surface area contributed by atoms with Crippen molar-refractivity contribution >= 4 is 29.2 Å². The summed E-state index contributed by atoms with van der Waals surface area (Å²) in [4.78, 5) is 11.9. The molecular formula is C14H20Cl2N4. The Balaban J connectivity index is 3.01. The first-order valence-corrected chi connectivity index (χ1v) is 7.38. The number of rotatable bonds is 9. The molecule has 0 atom stereocenters. The van der Waals surface area contributed by atoms with Gasteiger partial charge in [0.25, 0.3) is 0 Å². The van der Waals surface area contributed by atoms with Crippen molar-refractivity contribution < 1.29 is 0 Å². The van der Waals surface area contributed by atoms with E-state index in [1.807, 2.05) is 12.2 Å². The molecule has 0 saturated carbocycles. The number of hydrogen-bond donors (Lipinski definition) is 1. The Labute approximate surface area is 130 Å². The average Bonchev–Trinajstić information content (AvgIpc) is 2.35. The number of nitrogens with zero attached hydrogens (tertiary/aromatic N) is 3. The molecule has 1 heterocycles. The lowest BCUT2D eigenvalue weighted by Crippen LogP contribution is -2.38. The van der Waals surface area contributed by atoms with Crippen molar-refractivity contribution in [3.63, 3.8) is 0 Å². The zero-order chi connectivity index (χ0) is 15.0. The highest BCUT2D eigenvalue weighted by atomic mass is 35.5. The number of halogens is 2. The maximum Gasteiger partial charge on any atom is 0.228 e. The van der Waals surface area contributed by atoms with E-state index in [4.69, 9.17) is 23.2 Å². The van der Waals surface area contributed by atoms with E-state index in [0.29, 0.717) is 5.95 Å². The molecule has 1 N–H and O–H groups in total. The first kappa shape index (κ1) is 16.9. The summed E-state index contributed by atoms with van der Waals surface area (Å²) >= 11 is 11.6. The lowest BCUT2D eigenvalue weighted by atomic mass is 9.86. The van der Waals surface area contributed by atoms with E-state index in [1.165, 1.54) is 0 Å². The summed E-state index contributed by atoms with van der Waals surface area (Å²) < 4.78 is 0. The van der Waals surface area contributed by atoms with Crippen LogP contribution in [-0.2, 0) is 0 Å². The fourth-order valence-corrected chi connectivity index (χ4v) is 2.50. The number of nitrogens with one attached hydrogen (secondary N) is 1.